The minimum atomic E-state index is -3.43. The van der Waals surface area contributed by atoms with Gasteiger partial charge in [0.15, 0.2) is 20.6 Å². The summed E-state index contributed by atoms with van der Waals surface area (Å²) in [6, 6.07) is 0. The van der Waals surface area contributed by atoms with Gasteiger partial charge >= 0.3 is 0 Å². The number of alkyl halides is 1. The molecule has 144 valence electrons. The fourth-order valence-corrected chi connectivity index (χ4v) is 6.28. The molecule has 0 bridgehead atoms. The van der Waals surface area contributed by atoms with Crippen LogP contribution in [0.25, 0.3) is 4.96 Å². The highest BCUT2D eigenvalue weighted by Crippen LogP contribution is 2.40. The molecule has 0 spiro atoms. The molecule has 2 heterocycles. The van der Waals surface area contributed by atoms with E-state index >= 15 is 0 Å². The van der Waals surface area contributed by atoms with Crippen molar-refractivity contribution in [1.29, 1.82) is 0 Å². The topological polar surface area (TPSA) is 68.5 Å². The van der Waals surface area contributed by atoms with Gasteiger partial charge in [-0.1, -0.05) is 20.8 Å². The first kappa shape index (κ1) is 19.8. The Morgan fingerprint density at radius 2 is 2.15 bits per heavy atom. The van der Waals surface area contributed by atoms with E-state index in [1.807, 2.05) is 4.40 Å². The minimum Gasteiger partial charge on any atom is -0.294 e. The third-order valence-electron chi connectivity index (χ3n) is 5.11. The van der Waals surface area contributed by atoms with E-state index in [0.29, 0.717) is 12.3 Å². The molecule has 0 aliphatic heterocycles. The number of halogens is 1. The van der Waals surface area contributed by atoms with Crippen molar-refractivity contribution in [2.24, 2.45) is 11.3 Å². The number of hydrogen-bond donors (Lipinski definition) is 0. The zero-order valence-electron chi connectivity index (χ0n) is 15.4. The molecule has 0 saturated heterocycles. The lowest BCUT2D eigenvalue weighted by Crippen LogP contribution is -2.26. The summed E-state index contributed by atoms with van der Waals surface area (Å²) < 4.78 is 25.9. The van der Waals surface area contributed by atoms with Gasteiger partial charge < -0.3 is 0 Å². The maximum absolute atomic E-state index is 12.4. The first-order valence-corrected chi connectivity index (χ1v) is 12.1. The monoisotopic (exact) mass is 416 g/mol. The maximum Gasteiger partial charge on any atom is 0.197 e. The van der Waals surface area contributed by atoms with Gasteiger partial charge in [0, 0.05) is 22.6 Å². The molecular weight excluding hydrogens is 392 g/mol. The number of thiazole rings is 1. The van der Waals surface area contributed by atoms with Crippen LogP contribution in [-0.4, -0.2) is 41.0 Å². The lowest BCUT2D eigenvalue weighted by molar-refractivity contribution is 0.101. The predicted molar refractivity (Wildman–Crippen MR) is 106 cm³/mol. The molecule has 0 amide bonds. The Balaban J connectivity index is 1.80. The number of sulfone groups is 1. The number of carbonyl (C=O) groups is 1. The molecule has 3 rings (SSSR count). The summed E-state index contributed by atoms with van der Waals surface area (Å²) in [6.07, 6.45) is 5.20. The van der Waals surface area contributed by atoms with E-state index in [4.69, 9.17) is 11.6 Å². The van der Waals surface area contributed by atoms with Crippen molar-refractivity contribution in [3.63, 3.8) is 0 Å². The summed E-state index contributed by atoms with van der Waals surface area (Å²) in [5, 5.41) is 0. The van der Waals surface area contributed by atoms with Gasteiger partial charge in [0.25, 0.3) is 0 Å². The van der Waals surface area contributed by atoms with Crippen LogP contribution in [0.1, 0.15) is 54.7 Å². The molecule has 26 heavy (non-hydrogen) atoms. The number of ketones is 1. The highest BCUT2D eigenvalue weighted by atomic mass is 35.5. The zero-order valence-corrected chi connectivity index (χ0v) is 17.8. The molecule has 5 nitrogen and oxygen atoms in total. The van der Waals surface area contributed by atoms with Crippen LogP contribution in [0.4, 0.5) is 0 Å². The second kappa shape index (κ2) is 7.24. The van der Waals surface area contributed by atoms with Crippen LogP contribution in [0, 0.1) is 11.3 Å². The van der Waals surface area contributed by atoms with Gasteiger partial charge in [-0.25, -0.2) is 13.4 Å². The zero-order chi connectivity index (χ0) is 19.1. The third kappa shape index (κ3) is 4.15. The van der Waals surface area contributed by atoms with Gasteiger partial charge in [0.05, 0.1) is 5.75 Å². The molecular formula is C18H25ClN2O3S2. The number of aromatic nitrogens is 2. The van der Waals surface area contributed by atoms with Crippen LogP contribution in [0.3, 0.4) is 0 Å². The number of imidazole rings is 1. The minimum absolute atomic E-state index is 0.0615. The summed E-state index contributed by atoms with van der Waals surface area (Å²) in [4.78, 5) is 18.9. The molecule has 0 N–H and O–H groups in total. The number of carbonyl (C=O) groups excluding carboxylic acids is 1. The molecule has 0 radical (unpaired) electrons. The molecule has 1 atom stereocenters. The van der Waals surface area contributed by atoms with E-state index in [9.17, 15) is 13.2 Å². The van der Waals surface area contributed by atoms with E-state index in [1.165, 1.54) is 10.6 Å². The SMILES string of the molecule is CC(C)(C)C1CCc2c(sc3nc(C(=O)CS(=O)(=O)CCCCl)cn23)C1. The molecule has 2 aromatic rings. The summed E-state index contributed by atoms with van der Waals surface area (Å²) in [5.74, 6) is -0.0778. The molecule has 0 fully saturated rings. The highest BCUT2D eigenvalue weighted by Gasteiger charge is 2.31. The van der Waals surface area contributed by atoms with Gasteiger partial charge in [0.2, 0.25) is 0 Å². The van der Waals surface area contributed by atoms with Crippen LogP contribution < -0.4 is 0 Å². The van der Waals surface area contributed by atoms with Crippen molar-refractivity contribution >= 4 is 43.5 Å². The summed E-state index contributed by atoms with van der Waals surface area (Å²) in [7, 11) is -3.43. The van der Waals surface area contributed by atoms with Crippen molar-refractivity contribution in [3.05, 3.63) is 22.5 Å². The van der Waals surface area contributed by atoms with E-state index in [-0.39, 0.29) is 22.7 Å². The van der Waals surface area contributed by atoms with Gasteiger partial charge in [-0.15, -0.1) is 22.9 Å². The van der Waals surface area contributed by atoms with E-state index in [0.717, 1.165) is 24.2 Å². The number of fused-ring (bicyclic) bond motifs is 3. The fraction of sp³-hybridized carbons (Fsp3) is 0.667. The predicted octanol–water partition coefficient (Wildman–Crippen LogP) is 3.77. The number of nitrogens with zero attached hydrogens (tertiary/aromatic N) is 2. The second-order valence-corrected chi connectivity index (χ2v) is 11.7. The standard InChI is InChI=1S/C18H25ClN2O3S2/c1-18(2,3)12-5-6-14-16(9-12)25-17-20-13(10-21(14)17)15(22)11-26(23,24)8-4-7-19/h10,12H,4-9,11H2,1-3H3. The lowest BCUT2D eigenvalue weighted by Gasteiger charge is -2.33. The van der Waals surface area contributed by atoms with Crippen LogP contribution >= 0.6 is 22.9 Å². The van der Waals surface area contributed by atoms with Crippen molar-refractivity contribution < 1.29 is 13.2 Å². The number of Topliss-reactive ketones (excluding diaryl/α,β-unsaturated/α-hetero) is 1. The molecule has 2 aromatic heterocycles. The Morgan fingerprint density at radius 1 is 1.42 bits per heavy atom. The van der Waals surface area contributed by atoms with Gasteiger partial charge in [-0.2, -0.15) is 0 Å². The van der Waals surface area contributed by atoms with Crippen molar-refractivity contribution in [2.75, 3.05) is 17.4 Å². The molecule has 1 unspecified atom stereocenters. The Labute approximate surface area is 163 Å². The number of rotatable bonds is 6. The highest BCUT2D eigenvalue weighted by molar-refractivity contribution is 7.92. The summed E-state index contributed by atoms with van der Waals surface area (Å²) in [5.41, 5.74) is 1.75. The van der Waals surface area contributed by atoms with Gasteiger partial charge in [-0.05, 0) is 37.0 Å². The smallest absolute Gasteiger partial charge is 0.197 e. The quantitative estimate of drug-likeness (QED) is 0.530. The van der Waals surface area contributed by atoms with Crippen LogP contribution in [-0.2, 0) is 22.7 Å². The maximum atomic E-state index is 12.4. The number of hydrogen-bond acceptors (Lipinski definition) is 5. The summed E-state index contributed by atoms with van der Waals surface area (Å²) in [6.45, 7) is 6.84. The average Bonchev–Trinajstić information content (AvgIpc) is 3.08. The van der Waals surface area contributed by atoms with Gasteiger partial charge in [-0.3, -0.25) is 9.20 Å². The number of aryl methyl sites for hydroxylation is 1. The fourth-order valence-electron chi connectivity index (χ4n) is 3.48. The molecule has 0 aromatic carbocycles. The summed E-state index contributed by atoms with van der Waals surface area (Å²) >= 11 is 7.16. The van der Waals surface area contributed by atoms with Crippen molar-refractivity contribution in [3.8, 4) is 0 Å². The molecule has 1 aliphatic carbocycles. The third-order valence-corrected chi connectivity index (χ3v) is 8.11. The van der Waals surface area contributed by atoms with Crippen LogP contribution in [0.5, 0.6) is 0 Å². The van der Waals surface area contributed by atoms with E-state index in [2.05, 4.69) is 25.8 Å². The van der Waals surface area contributed by atoms with E-state index in [1.54, 1.807) is 17.5 Å². The Hall–Kier alpha value is -0.920. The second-order valence-electron chi connectivity index (χ2n) is 8.11. The first-order valence-electron chi connectivity index (χ1n) is 8.90. The molecule has 8 heteroatoms. The lowest BCUT2D eigenvalue weighted by atomic mass is 9.73. The van der Waals surface area contributed by atoms with Crippen LogP contribution in [0.2, 0.25) is 0 Å². The normalized spacial score (nSPS) is 18.2. The molecule has 0 saturated carbocycles. The van der Waals surface area contributed by atoms with Crippen molar-refractivity contribution in [2.45, 2.75) is 46.5 Å². The molecule has 1 aliphatic rings. The average molecular weight is 417 g/mol. The van der Waals surface area contributed by atoms with E-state index < -0.39 is 21.4 Å². The van der Waals surface area contributed by atoms with Crippen LogP contribution in [0.15, 0.2) is 6.20 Å². The van der Waals surface area contributed by atoms with Crippen molar-refractivity contribution in [1.82, 2.24) is 9.38 Å². The Morgan fingerprint density at radius 3 is 2.81 bits per heavy atom. The largest absolute Gasteiger partial charge is 0.294 e. The Kier molecular flexibility index (Phi) is 5.53. The first-order chi connectivity index (χ1) is 12.1. The van der Waals surface area contributed by atoms with Gasteiger partial charge in [0.1, 0.15) is 11.4 Å². The Bertz CT molecular complexity index is 922.